The molecule has 3 aliphatic heterocycles. The highest BCUT2D eigenvalue weighted by atomic mass is 35.5. The van der Waals surface area contributed by atoms with Crippen LogP contribution in [0.4, 0.5) is 5.00 Å². The van der Waals surface area contributed by atoms with Gasteiger partial charge < -0.3 is 17.3 Å². The van der Waals surface area contributed by atoms with E-state index in [-0.39, 0.29) is 12.4 Å². The molecule has 3 aliphatic rings. The van der Waals surface area contributed by atoms with Crippen molar-refractivity contribution >= 4 is 40.3 Å². The van der Waals surface area contributed by atoms with E-state index in [1.165, 1.54) is 26.8 Å². The molecule has 102 valence electrons. The van der Waals surface area contributed by atoms with E-state index in [0.717, 1.165) is 25.3 Å². The predicted molar refractivity (Wildman–Crippen MR) is 79.7 cm³/mol. The minimum absolute atomic E-state index is 0. The number of rotatable bonds is 0. The van der Waals surface area contributed by atoms with Gasteiger partial charge in [0.05, 0.1) is 18.4 Å². The third-order valence-electron chi connectivity index (χ3n) is 3.68. The first-order valence-electron chi connectivity index (χ1n) is 6.28. The highest BCUT2D eigenvalue weighted by Crippen LogP contribution is 2.48. The van der Waals surface area contributed by atoms with E-state index in [2.05, 4.69) is 40.5 Å². The Hall–Kier alpha value is -0.520. The number of hydrogen-bond acceptors (Lipinski definition) is 5. The van der Waals surface area contributed by atoms with Gasteiger partial charge >= 0.3 is 0 Å². The molecule has 6 heteroatoms. The highest BCUT2D eigenvalue weighted by Gasteiger charge is 2.35. The lowest BCUT2D eigenvalue weighted by Gasteiger charge is -2.30. The van der Waals surface area contributed by atoms with E-state index in [0.29, 0.717) is 4.75 Å². The van der Waals surface area contributed by atoms with Crippen molar-refractivity contribution in [2.45, 2.75) is 30.8 Å². The SMILES string of the molecule is CC1(C)Cc2c(sc3c2C2=NCCN2C=N3)CS1.[Cl-]. The van der Waals surface area contributed by atoms with Crippen LogP contribution < -0.4 is 12.4 Å². The van der Waals surface area contributed by atoms with Gasteiger partial charge in [0, 0.05) is 21.9 Å². The molecule has 4 rings (SSSR count). The zero-order valence-corrected chi connectivity index (χ0v) is 13.3. The Morgan fingerprint density at radius 2 is 2.21 bits per heavy atom. The van der Waals surface area contributed by atoms with Crippen molar-refractivity contribution in [3.63, 3.8) is 0 Å². The van der Waals surface area contributed by atoms with Gasteiger partial charge in [-0.05, 0) is 12.0 Å². The number of fused-ring (bicyclic) bond motifs is 5. The molecule has 0 saturated carbocycles. The first-order chi connectivity index (χ1) is 8.64. The summed E-state index contributed by atoms with van der Waals surface area (Å²) in [5.41, 5.74) is 2.85. The zero-order chi connectivity index (χ0) is 12.3. The fraction of sp³-hybridized carbons (Fsp3) is 0.538. The van der Waals surface area contributed by atoms with E-state index in [4.69, 9.17) is 0 Å². The topological polar surface area (TPSA) is 28.0 Å². The van der Waals surface area contributed by atoms with Gasteiger partial charge in [0.25, 0.3) is 0 Å². The summed E-state index contributed by atoms with van der Waals surface area (Å²) in [7, 11) is 0. The van der Waals surface area contributed by atoms with E-state index in [1.807, 2.05) is 17.7 Å². The fourth-order valence-electron chi connectivity index (χ4n) is 2.78. The molecule has 3 nitrogen and oxygen atoms in total. The Labute approximate surface area is 127 Å². The number of hydrogen-bond donors (Lipinski definition) is 0. The van der Waals surface area contributed by atoms with Crippen LogP contribution in [0.1, 0.15) is 29.9 Å². The summed E-state index contributed by atoms with van der Waals surface area (Å²) in [6, 6.07) is 0. The van der Waals surface area contributed by atoms with E-state index >= 15 is 0 Å². The molecule has 0 aromatic carbocycles. The lowest BCUT2D eigenvalue weighted by atomic mass is 9.97. The molecule has 0 atom stereocenters. The summed E-state index contributed by atoms with van der Waals surface area (Å²) in [6.45, 7) is 6.57. The minimum Gasteiger partial charge on any atom is -1.00 e. The second kappa shape index (κ2) is 4.50. The van der Waals surface area contributed by atoms with Gasteiger partial charge in [-0.2, -0.15) is 0 Å². The van der Waals surface area contributed by atoms with Crippen LogP contribution in [0, 0.1) is 0 Å². The largest absolute Gasteiger partial charge is 1.00 e. The minimum atomic E-state index is 0. The molecular formula is C13H15ClN3S2-. The van der Waals surface area contributed by atoms with Gasteiger partial charge in [0.2, 0.25) is 0 Å². The molecule has 0 spiro atoms. The molecule has 1 aromatic rings. The van der Waals surface area contributed by atoms with E-state index in [9.17, 15) is 0 Å². The lowest BCUT2D eigenvalue weighted by molar-refractivity contribution is -0.00000381. The average molecular weight is 313 g/mol. The van der Waals surface area contributed by atoms with Crippen LogP contribution in [-0.4, -0.2) is 34.9 Å². The molecule has 0 unspecified atom stereocenters. The summed E-state index contributed by atoms with van der Waals surface area (Å²) < 4.78 is 0.340. The van der Waals surface area contributed by atoms with Crippen molar-refractivity contribution < 1.29 is 12.4 Å². The Kier molecular flexibility index (Phi) is 3.19. The third-order valence-corrected chi connectivity index (χ3v) is 6.36. The highest BCUT2D eigenvalue weighted by molar-refractivity contribution is 8.00. The number of amidine groups is 1. The van der Waals surface area contributed by atoms with Crippen LogP contribution in [0.25, 0.3) is 0 Å². The quantitative estimate of drug-likeness (QED) is 0.677. The van der Waals surface area contributed by atoms with Crippen molar-refractivity contribution in [2.75, 3.05) is 13.1 Å². The Morgan fingerprint density at radius 3 is 3.05 bits per heavy atom. The normalized spacial score (nSPS) is 22.2. The van der Waals surface area contributed by atoms with Crippen LogP contribution in [0.15, 0.2) is 9.98 Å². The second-order valence-electron chi connectivity index (χ2n) is 5.55. The van der Waals surface area contributed by atoms with Crippen molar-refractivity contribution in [3.8, 4) is 0 Å². The zero-order valence-electron chi connectivity index (χ0n) is 10.9. The molecule has 0 radical (unpaired) electrons. The van der Waals surface area contributed by atoms with Gasteiger partial charge in [-0.25, -0.2) is 4.99 Å². The molecule has 4 heterocycles. The van der Waals surface area contributed by atoms with Gasteiger partial charge in [0.1, 0.15) is 10.8 Å². The van der Waals surface area contributed by atoms with Gasteiger partial charge in [-0.1, -0.05) is 13.8 Å². The number of thiophene rings is 1. The number of halogens is 1. The van der Waals surface area contributed by atoms with Crippen LogP contribution in [-0.2, 0) is 12.2 Å². The van der Waals surface area contributed by atoms with Gasteiger partial charge in [-0.15, -0.1) is 23.1 Å². The molecular weight excluding hydrogens is 298 g/mol. The molecule has 19 heavy (non-hydrogen) atoms. The van der Waals surface area contributed by atoms with Crippen molar-refractivity contribution in [3.05, 3.63) is 16.0 Å². The van der Waals surface area contributed by atoms with Crippen LogP contribution in [0.2, 0.25) is 0 Å². The van der Waals surface area contributed by atoms with Crippen molar-refractivity contribution in [2.24, 2.45) is 9.98 Å². The van der Waals surface area contributed by atoms with Crippen molar-refractivity contribution in [1.82, 2.24) is 4.90 Å². The monoisotopic (exact) mass is 312 g/mol. The maximum Gasteiger partial charge on any atom is 0.139 e. The maximum atomic E-state index is 4.68. The maximum absolute atomic E-state index is 4.68. The van der Waals surface area contributed by atoms with Gasteiger partial charge in [-0.3, -0.25) is 4.99 Å². The smallest absolute Gasteiger partial charge is 0.139 e. The van der Waals surface area contributed by atoms with E-state index in [1.54, 1.807) is 0 Å². The summed E-state index contributed by atoms with van der Waals surface area (Å²) >= 11 is 3.92. The van der Waals surface area contributed by atoms with Crippen molar-refractivity contribution in [1.29, 1.82) is 0 Å². The average Bonchev–Trinajstić information content (AvgIpc) is 2.89. The number of aliphatic imine (C=N–C) groups is 2. The molecule has 0 bridgehead atoms. The van der Waals surface area contributed by atoms with Crippen LogP contribution in [0.3, 0.4) is 0 Å². The molecule has 0 fully saturated rings. The summed E-state index contributed by atoms with van der Waals surface area (Å²) in [5, 5.41) is 1.18. The number of nitrogens with zero attached hydrogens (tertiary/aromatic N) is 3. The second-order valence-corrected chi connectivity index (χ2v) is 8.32. The summed E-state index contributed by atoms with van der Waals surface area (Å²) in [4.78, 5) is 13.0. The number of thioether (sulfide) groups is 1. The molecule has 0 saturated heterocycles. The lowest BCUT2D eigenvalue weighted by Crippen LogP contribution is -3.00. The Bertz CT molecular complexity index is 589. The summed E-state index contributed by atoms with van der Waals surface area (Å²) in [6.07, 6.45) is 3.09. The molecule has 0 N–H and O–H groups in total. The molecule has 0 aliphatic carbocycles. The first-order valence-corrected chi connectivity index (χ1v) is 8.08. The Morgan fingerprint density at radius 1 is 1.37 bits per heavy atom. The van der Waals surface area contributed by atoms with Gasteiger partial charge in [0.15, 0.2) is 0 Å². The Balaban J connectivity index is 0.00000110. The fourth-order valence-corrected chi connectivity index (χ4v) is 5.08. The van der Waals surface area contributed by atoms with E-state index < -0.39 is 0 Å². The third kappa shape index (κ3) is 2.03. The standard InChI is InChI=1S/C13H15N3S2.ClH/c1-13(2)5-8-9(6-17-13)18-12-10(8)11-14-3-4-16(11)7-15-12;/h7H,3-6H2,1-2H3;1H/p-1. The summed E-state index contributed by atoms with van der Waals surface area (Å²) in [5.74, 6) is 2.29. The first kappa shape index (κ1) is 13.5. The molecule has 1 aromatic heterocycles. The van der Waals surface area contributed by atoms with Crippen LogP contribution in [0.5, 0.6) is 0 Å². The van der Waals surface area contributed by atoms with Crippen LogP contribution >= 0.6 is 23.1 Å². The predicted octanol–water partition coefficient (Wildman–Crippen LogP) is 0.0556. The molecule has 0 amide bonds.